The molecule has 0 radical (unpaired) electrons. The molecular formula is C11H12N2. The summed E-state index contributed by atoms with van der Waals surface area (Å²) in [5.74, 6) is 0.903. The van der Waals surface area contributed by atoms with E-state index in [2.05, 4.69) is 28.5 Å². The topological polar surface area (TPSA) is 24.9 Å². The number of aromatic nitrogens is 1. The molecule has 1 heterocycles. The van der Waals surface area contributed by atoms with Crippen molar-refractivity contribution >= 4 is 5.82 Å². The fourth-order valence-electron chi connectivity index (χ4n) is 1.29. The largest absolute Gasteiger partial charge is 0.341 e. The number of nitrogens with one attached hydrogen (secondary N) is 1. The van der Waals surface area contributed by atoms with Crippen LogP contribution in [-0.4, -0.2) is 4.98 Å². The van der Waals surface area contributed by atoms with Crippen LogP contribution >= 0.6 is 0 Å². The first-order valence-electron chi connectivity index (χ1n) is 4.50. The van der Waals surface area contributed by atoms with Crippen molar-refractivity contribution in [3.8, 4) is 0 Å². The van der Waals surface area contributed by atoms with Gasteiger partial charge in [-0.05, 0) is 31.1 Å². The van der Waals surface area contributed by atoms with Crippen molar-refractivity contribution in [3.05, 3.63) is 48.3 Å². The Morgan fingerprint density at radius 1 is 1.23 bits per heavy atom. The van der Waals surface area contributed by atoms with E-state index in [-0.39, 0.29) is 0 Å². The van der Waals surface area contributed by atoms with Gasteiger partial charge in [-0.25, -0.2) is 4.98 Å². The minimum absolute atomic E-state index is 0.903. The van der Waals surface area contributed by atoms with Gasteiger partial charge in [0.2, 0.25) is 0 Å². The van der Waals surface area contributed by atoms with Crippen LogP contribution in [0.5, 0.6) is 0 Å². The highest BCUT2D eigenvalue weighted by atomic mass is 15.0. The number of nitrogens with zero attached hydrogens (tertiary/aromatic N) is 1. The molecular weight excluding hydrogens is 160 g/mol. The van der Waals surface area contributed by atoms with E-state index in [0.29, 0.717) is 0 Å². The molecule has 0 aliphatic heterocycles. The predicted octanol–water partition coefficient (Wildman–Crippen LogP) is 2.73. The second-order valence-corrected chi connectivity index (χ2v) is 2.98. The Kier molecular flexibility index (Phi) is 2.41. The second-order valence-electron chi connectivity index (χ2n) is 2.98. The van der Waals surface area contributed by atoms with Gasteiger partial charge in [-0.3, -0.25) is 0 Å². The van der Waals surface area contributed by atoms with Crippen molar-refractivity contribution in [1.29, 1.82) is 0 Å². The van der Waals surface area contributed by atoms with Crippen LogP contribution < -0.4 is 5.32 Å². The van der Waals surface area contributed by atoms with E-state index in [9.17, 15) is 0 Å². The van der Waals surface area contributed by atoms with Crippen LogP contribution in [0.1, 0.15) is 12.8 Å². The first-order valence-corrected chi connectivity index (χ1v) is 4.50. The molecule has 66 valence electrons. The summed E-state index contributed by atoms with van der Waals surface area (Å²) in [6, 6.07) is 5.85. The van der Waals surface area contributed by atoms with Crippen LogP contribution in [0.25, 0.3) is 0 Å². The average molecular weight is 172 g/mol. The van der Waals surface area contributed by atoms with Gasteiger partial charge in [-0.2, -0.15) is 0 Å². The summed E-state index contributed by atoms with van der Waals surface area (Å²) in [4.78, 5) is 4.19. The maximum absolute atomic E-state index is 4.19. The summed E-state index contributed by atoms with van der Waals surface area (Å²) in [5.41, 5.74) is 1.14. The molecule has 0 amide bonds. The molecule has 1 aliphatic carbocycles. The smallest absolute Gasteiger partial charge is 0.130 e. The summed E-state index contributed by atoms with van der Waals surface area (Å²) >= 11 is 0. The molecule has 0 aromatic carbocycles. The normalized spacial score (nSPS) is 15.2. The lowest BCUT2D eigenvalue weighted by molar-refractivity contribution is 1.02. The Bertz CT molecular complexity index is 325. The summed E-state index contributed by atoms with van der Waals surface area (Å²) in [6.45, 7) is 0. The van der Waals surface area contributed by atoms with Crippen molar-refractivity contribution in [3.63, 3.8) is 0 Å². The lowest BCUT2D eigenvalue weighted by Gasteiger charge is -2.08. The van der Waals surface area contributed by atoms with E-state index in [1.807, 2.05) is 18.2 Å². The zero-order valence-electron chi connectivity index (χ0n) is 7.40. The third-order valence-electron chi connectivity index (χ3n) is 1.93. The van der Waals surface area contributed by atoms with E-state index in [0.717, 1.165) is 24.4 Å². The van der Waals surface area contributed by atoms with Gasteiger partial charge in [0.25, 0.3) is 0 Å². The van der Waals surface area contributed by atoms with E-state index < -0.39 is 0 Å². The van der Waals surface area contributed by atoms with Gasteiger partial charge in [-0.1, -0.05) is 18.2 Å². The van der Waals surface area contributed by atoms with Gasteiger partial charge in [0.05, 0.1) is 0 Å². The minimum Gasteiger partial charge on any atom is -0.341 e. The summed E-state index contributed by atoms with van der Waals surface area (Å²) < 4.78 is 0. The Morgan fingerprint density at radius 3 is 2.92 bits per heavy atom. The third-order valence-corrected chi connectivity index (χ3v) is 1.93. The fourth-order valence-corrected chi connectivity index (χ4v) is 1.29. The highest BCUT2D eigenvalue weighted by Crippen LogP contribution is 2.12. The summed E-state index contributed by atoms with van der Waals surface area (Å²) in [5, 5.41) is 3.24. The molecule has 0 saturated heterocycles. The molecule has 0 atom stereocenters. The van der Waals surface area contributed by atoms with E-state index in [4.69, 9.17) is 0 Å². The van der Waals surface area contributed by atoms with Gasteiger partial charge in [-0.15, -0.1) is 0 Å². The quantitative estimate of drug-likeness (QED) is 0.742. The molecule has 2 rings (SSSR count). The molecule has 1 aliphatic rings. The van der Waals surface area contributed by atoms with Crippen molar-refractivity contribution in [2.45, 2.75) is 12.8 Å². The summed E-state index contributed by atoms with van der Waals surface area (Å²) in [6.07, 6.45) is 10.5. The number of rotatable bonds is 2. The second kappa shape index (κ2) is 3.90. The van der Waals surface area contributed by atoms with Gasteiger partial charge in [0.15, 0.2) is 0 Å². The molecule has 1 aromatic heterocycles. The molecule has 1 aromatic rings. The number of hydrogen-bond acceptors (Lipinski definition) is 2. The zero-order valence-corrected chi connectivity index (χ0v) is 7.40. The number of hydrogen-bond donors (Lipinski definition) is 1. The molecule has 0 unspecified atom stereocenters. The van der Waals surface area contributed by atoms with Crippen molar-refractivity contribution in [2.24, 2.45) is 0 Å². The van der Waals surface area contributed by atoms with E-state index in [1.165, 1.54) is 0 Å². The predicted molar refractivity (Wildman–Crippen MR) is 54.3 cm³/mol. The molecule has 1 N–H and O–H groups in total. The molecule has 0 saturated carbocycles. The van der Waals surface area contributed by atoms with Crippen molar-refractivity contribution in [1.82, 2.24) is 4.98 Å². The Morgan fingerprint density at radius 2 is 2.23 bits per heavy atom. The first kappa shape index (κ1) is 8.05. The van der Waals surface area contributed by atoms with Gasteiger partial charge in [0, 0.05) is 11.9 Å². The average Bonchev–Trinajstić information content (AvgIpc) is 2.21. The number of allylic oxidation sites excluding steroid dienone is 3. The minimum atomic E-state index is 0.903. The van der Waals surface area contributed by atoms with E-state index in [1.54, 1.807) is 6.20 Å². The summed E-state index contributed by atoms with van der Waals surface area (Å²) in [7, 11) is 0. The molecule has 13 heavy (non-hydrogen) atoms. The molecule has 0 fully saturated rings. The standard InChI is InChI=1S/C11H12N2/c1-2-6-10(7-3-1)13-11-8-4-5-9-12-11/h2,4-9H,1,3H2,(H,12,13). The first-order chi connectivity index (χ1) is 6.45. The lowest BCUT2D eigenvalue weighted by Crippen LogP contribution is -2.00. The SMILES string of the molecule is C1=CC(Nc2ccccn2)=CCC1. The van der Waals surface area contributed by atoms with Gasteiger partial charge < -0.3 is 5.32 Å². The fraction of sp³-hybridized carbons (Fsp3) is 0.182. The van der Waals surface area contributed by atoms with Gasteiger partial charge in [0.1, 0.15) is 5.82 Å². The highest BCUT2D eigenvalue weighted by Gasteiger charge is 1.97. The zero-order chi connectivity index (χ0) is 8.93. The maximum atomic E-state index is 4.19. The third kappa shape index (κ3) is 2.18. The number of anilines is 1. The van der Waals surface area contributed by atoms with Crippen LogP contribution in [0.2, 0.25) is 0 Å². The van der Waals surface area contributed by atoms with E-state index >= 15 is 0 Å². The van der Waals surface area contributed by atoms with Crippen LogP contribution in [0.3, 0.4) is 0 Å². The monoisotopic (exact) mass is 172 g/mol. The Hall–Kier alpha value is -1.57. The maximum Gasteiger partial charge on any atom is 0.130 e. The van der Waals surface area contributed by atoms with Crippen molar-refractivity contribution < 1.29 is 0 Å². The molecule has 2 nitrogen and oxygen atoms in total. The van der Waals surface area contributed by atoms with Crippen LogP contribution in [0, 0.1) is 0 Å². The van der Waals surface area contributed by atoms with Gasteiger partial charge >= 0.3 is 0 Å². The lowest BCUT2D eigenvalue weighted by atomic mass is 10.1. The van der Waals surface area contributed by atoms with Crippen LogP contribution in [0.15, 0.2) is 48.3 Å². The Balaban J connectivity index is 2.06. The van der Waals surface area contributed by atoms with Crippen molar-refractivity contribution in [2.75, 3.05) is 5.32 Å². The molecule has 2 heteroatoms. The van der Waals surface area contributed by atoms with Crippen LogP contribution in [-0.2, 0) is 0 Å². The number of pyridine rings is 1. The highest BCUT2D eigenvalue weighted by molar-refractivity contribution is 5.45. The molecule has 0 bridgehead atoms. The molecule has 0 spiro atoms. The van der Waals surface area contributed by atoms with Crippen LogP contribution in [0.4, 0.5) is 5.82 Å². The Labute approximate surface area is 78.0 Å².